The van der Waals surface area contributed by atoms with Crippen LogP contribution in [-0.4, -0.2) is 25.0 Å². The third kappa shape index (κ3) is 4.04. The molecule has 0 radical (unpaired) electrons. The van der Waals surface area contributed by atoms with E-state index in [0.717, 1.165) is 15.6 Å². The van der Waals surface area contributed by atoms with Gasteiger partial charge in [0.05, 0.1) is 12.2 Å². The zero-order valence-electron chi connectivity index (χ0n) is 16.8. The van der Waals surface area contributed by atoms with Gasteiger partial charge in [-0.25, -0.2) is 0 Å². The number of fused-ring (bicyclic) bond motifs is 2. The molecule has 5 rings (SSSR count). The molecule has 0 fully saturated rings. The molecule has 3 aromatic rings. The largest absolute Gasteiger partial charge is 0.485 e. The van der Waals surface area contributed by atoms with Crippen molar-refractivity contribution in [3.05, 3.63) is 93.1 Å². The van der Waals surface area contributed by atoms with Crippen molar-refractivity contribution in [3.63, 3.8) is 0 Å². The Bertz CT molecular complexity index is 1250. The summed E-state index contributed by atoms with van der Waals surface area (Å²) in [6.45, 7) is 0.480. The third-order valence-corrected chi connectivity index (χ3v) is 5.56. The Kier molecular flexibility index (Phi) is 5.51. The van der Waals surface area contributed by atoms with Crippen LogP contribution >= 0.6 is 15.9 Å². The highest BCUT2D eigenvalue weighted by atomic mass is 79.9. The van der Waals surface area contributed by atoms with E-state index in [1.165, 1.54) is 0 Å². The maximum atomic E-state index is 12.9. The molecule has 6 nitrogen and oxygen atoms in total. The molecule has 3 aromatic carbocycles. The van der Waals surface area contributed by atoms with E-state index < -0.39 is 0 Å². The SMILES string of the molecule is O=C(COc1ccc2c(c1)O/C(=C\c1cc(Br)cc3c1OCOC3)C2=O)c1ccccc1. The van der Waals surface area contributed by atoms with E-state index in [9.17, 15) is 9.59 Å². The summed E-state index contributed by atoms with van der Waals surface area (Å²) in [5, 5.41) is 0. The quantitative estimate of drug-likeness (QED) is 0.360. The van der Waals surface area contributed by atoms with E-state index >= 15 is 0 Å². The van der Waals surface area contributed by atoms with Crippen molar-refractivity contribution >= 4 is 33.6 Å². The second kappa shape index (κ2) is 8.61. The highest BCUT2D eigenvalue weighted by molar-refractivity contribution is 9.10. The Labute approximate surface area is 192 Å². The third-order valence-electron chi connectivity index (χ3n) is 5.10. The number of ketones is 2. The first-order valence-electron chi connectivity index (χ1n) is 9.91. The second-order valence-electron chi connectivity index (χ2n) is 7.27. The van der Waals surface area contributed by atoms with Crippen molar-refractivity contribution in [2.24, 2.45) is 0 Å². The van der Waals surface area contributed by atoms with Crippen molar-refractivity contribution < 1.29 is 28.5 Å². The Morgan fingerprint density at radius 2 is 1.94 bits per heavy atom. The van der Waals surface area contributed by atoms with Gasteiger partial charge in [0.2, 0.25) is 5.78 Å². The minimum Gasteiger partial charge on any atom is -0.485 e. The van der Waals surface area contributed by atoms with Gasteiger partial charge in [0.1, 0.15) is 17.2 Å². The molecular weight excluding hydrogens is 476 g/mol. The van der Waals surface area contributed by atoms with Crippen LogP contribution in [0.2, 0.25) is 0 Å². The number of benzene rings is 3. The molecule has 160 valence electrons. The van der Waals surface area contributed by atoms with E-state index in [1.54, 1.807) is 48.5 Å². The highest BCUT2D eigenvalue weighted by Crippen LogP contribution is 2.38. The molecule has 0 saturated heterocycles. The highest BCUT2D eigenvalue weighted by Gasteiger charge is 2.29. The maximum Gasteiger partial charge on any atom is 0.231 e. The number of hydrogen-bond acceptors (Lipinski definition) is 6. The van der Waals surface area contributed by atoms with Crippen molar-refractivity contribution in [2.45, 2.75) is 6.61 Å². The number of Topliss-reactive ketones (excluding diaryl/α,β-unsaturated/α-hetero) is 2. The lowest BCUT2D eigenvalue weighted by molar-refractivity contribution is -0.0165. The first-order valence-corrected chi connectivity index (χ1v) is 10.7. The standard InChI is InChI=1S/C25H17BrO6/c26-18-8-16(25-17(9-18)12-29-14-31-25)10-23-24(28)20-7-6-19(11-22(20)32-23)30-13-21(27)15-4-2-1-3-5-15/h1-11H,12-14H2/b23-10-. The lowest BCUT2D eigenvalue weighted by atomic mass is 10.1. The van der Waals surface area contributed by atoms with Crippen LogP contribution in [-0.2, 0) is 11.3 Å². The second-order valence-corrected chi connectivity index (χ2v) is 8.19. The molecule has 0 amide bonds. The van der Waals surface area contributed by atoms with Gasteiger partial charge in [-0.05, 0) is 30.3 Å². The molecule has 0 spiro atoms. The first kappa shape index (κ1) is 20.5. The van der Waals surface area contributed by atoms with E-state index in [1.807, 2.05) is 18.2 Å². The lowest BCUT2D eigenvalue weighted by Crippen LogP contribution is -2.12. The molecule has 0 unspecified atom stereocenters. The number of rotatable bonds is 5. The molecule has 0 bridgehead atoms. The molecule has 2 aliphatic rings. The van der Waals surface area contributed by atoms with Crippen LogP contribution in [0.3, 0.4) is 0 Å². The summed E-state index contributed by atoms with van der Waals surface area (Å²) < 4.78 is 23.3. The summed E-state index contributed by atoms with van der Waals surface area (Å²) in [5.74, 6) is 1.33. The molecule has 2 heterocycles. The molecule has 0 saturated carbocycles. The molecule has 0 aliphatic carbocycles. The molecule has 32 heavy (non-hydrogen) atoms. The predicted octanol–water partition coefficient (Wildman–Crippen LogP) is 5.19. The number of allylic oxidation sites excluding steroid dienone is 1. The summed E-state index contributed by atoms with van der Waals surface area (Å²) in [6, 6.07) is 17.6. The fraction of sp³-hybridized carbons (Fsp3) is 0.120. The van der Waals surface area contributed by atoms with Gasteiger partial charge in [0, 0.05) is 27.2 Å². The lowest BCUT2D eigenvalue weighted by Gasteiger charge is -2.20. The molecule has 0 N–H and O–H groups in total. The van der Waals surface area contributed by atoms with Crippen molar-refractivity contribution in [1.29, 1.82) is 0 Å². The number of carbonyl (C=O) groups is 2. The van der Waals surface area contributed by atoms with Crippen LogP contribution in [0.1, 0.15) is 31.8 Å². The summed E-state index contributed by atoms with van der Waals surface area (Å²) in [4.78, 5) is 25.1. The molecular formula is C25H17BrO6. The fourth-order valence-corrected chi connectivity index (χ4v) is 4.09. The zero-order chi connectivity index (χ0) is 22.1. The van der Waals surface area contributed by atoms with Gasteiger partial charge < -0.3 is 18.9 Å². The van der Waals surface area contributed by atoms with Gasteiger partial charge in [-0.15, -0.1) is 0 Å². The van der Waals surface area contributed by atoms with Crippen LogP contribution in [0, 0.1) is 0 Å². The Morgan fingerprint density at radius 3 is 2.78 bits per heavy atom. The number of halogens is 1. The van der Waals surface area contributed by atoms with E-state index in [4.69, 9.17) is 18.9 Å². The summed E-state index contributed by atoms with van der Waals surface area (Å²) in [5.41, 5.74) is 2.62. The molecule has 0 aromatic heterocycles. The topological polar surface area (TPSA) is 71.1 Å². The monoisotopic (exact) mass is 492 g/mol. The van der Waals surface area contributed by atoms with E-state index in [2.05, 4.69) is 15.9 Å². The first-order chi connectivity index (χ1) is 15.6. The van der Waals surface area contributed by atoms with Crippen molar-refractivity contribution in [2.75, 3.05) is 13.4 Å². The van der Waals surface area contributed by atoms with Crippen molar-refractivity contribution in [3.8, 4) is 17.2 Å². The van der Waals surface area contributed by atoms with Gasteiger partial charge in [-0.3, -0.25) is 9.59 Å². The Hall–Kier alpha value is -3.42. The Balaban J connectivity index is 1.35. The average molecular weight is 493 g/mol. The predicted molar refractivity (Wildman–Crippen MR) is 120 cm³/mol. The minimum absolute atomic E-state index is 0.108. The fourth-order valence-electron chi connectivity index (χ4n) is 3.57. The average Bonchev–Trinajstić information content (AvgIpc) is 3.12. The van der Waals surface area contributed by atoms with Gasteiger partial charge in [0.15, 0.2) is 24.9 Å². The van der Waals surface area contributed by atoms with Crippen molar-refractivity contribution in [1.82, 2.24) is 0 Å². The van der Waals surface area contributed by atoms with Gasteiger partial charge in [-0.2, -0.15) is 0 Å². The minimum atomic E-state index is -0.229. The van der Waals surface area contributed by atoms with Crippen LogP contribution in [0.25, 0.3) is 6.08 Å². The molecule has 7 heteroatoms. The number of carbonyl (C=O) groups excluding carboxylic acids is 2. The normalized spacial score (nSPS) is 15.5. The maximum absolute atomic E-state index is 12.9. The smallest absolute Gasteiger partial charge is 0.231 e. The summed E-state index contributed by atoms with van der Waals surface area (Å²) in [6.07, 6.45) is 1.66. The van der Waals surface area contributed by atoms with Gasteiger partial charge in [-0.1, -0.05) is 46.3 Å². The van der Waals surface area contributed by atoms with Crippen LogP contribution in [0.5, 0.6) is 17.2 Å². The zero-order valence-corrected chi connectivity index (χ0v) is 18.4. The van der Waals surface area contributed by atoms with Gasteiger partial charge >= 0.3 is 0 Å². The van der Waals surface area contributed by atoms with E-state index in [-0.39, 0.29) is 30.7 Å². The van der Waals surface area contributed by atoms with Crippen LogP contribution in [0.4, 0.5) is 0 Å². The molecule has 0 atom stereocenters. The molecule has 2 aliphatic heterocycles. The summed E-state index contributed by atoms with van der Waals surface area (Å²) >= 11 is 3.48. The van der Waals surface area contributed by atoms with Gasteiger partial charge in [0.25, 0.3) is 0 Å². The van der Waals surface area contributed by atoms with E-state index in [0.29, 0.717) is 35.0 Å². The Morgan fingerprint density at radius 1 is 1.09 bits per heavy atom. The number of hydrogen-bond donors (Lipinski definition) is 0. The number of ether oxygens (including phenoxy) is 4. The van der Waals surface area contributed by atoms with Crippen LogP contribution in [0.15, 0.2) is 70.9 Å². The van der Waals surface area contributed by atoms with Crippen LogP contribution < -0.4 is 14.2 Å². The summed E-state index contributed by atoms with van der Waals surface area (Å²) in [7, 11) is 0.